The zero-order chi connectivity index (χ0) is 13.3. The minimum absolute atomic E-state index is 0.147. The van der Waals surface area contributed by atoms with E-state index in [1.807, 2.05) is 6.07 Å². The average molecular weight is 243 g/mol. The first-order valence-electron chi connectivity index (χ1n) is 5.09. The highest BCUT2D eigenvalue weighted by Crippen LogP contribution is 2.29. The summed E-state index contributed by atoms with van der Waals surface area (Å²) in [5.41, 5.74) is 0.725. The van der Waals surface area contributed by atoms with E-state index < -0.39 is 11.6 Å². The maximum atomic E-state index is 11.8. The second kappa shape index (κ2) is 4.30. The maximum Gasteiger partial charge on any atom is 0.230 e. The average Bonchev–Trinajstić information content (AvgIpc) is 2.81. The molecule has 1 N–H and O–H groups in total. The molecule has 0 saturated heterocycles. The van der Waals surface area contributed by atoms with Crippen LogP contribution in [0.1, 0.15) is 23.0 Å². The Balaban J connectivity index is 2.82. The molecule has 0 amide bonds. The summed E-state index contributed by atoms with van der Waals surface area (Å²) in [5.74, 6) is -0.863. The molecule has 0 saturated carbocycles. The first-order valence-corrected chi connectivity index (χ1v) is 5.09. The molecule has 2 heterocycles. The lowest BCUT2D eigenvalue weighted by atomic mass is 10.1. The molecule has 0 fully saturated rings. The van der Waals surface area contributed by atoms with E-state index in [0.717, 1.165) is 0 Å². The quantitative estimate of drug-likeness (QED) is 0.645. The highest BCUT2D eigenvalue weighted by molar-refractivity contribution is 6.45. The summed E-state index contributed by atoms with van der Waals surface area (Å²) in [6.45, 7) is 1.19. The second-order valence-corrected chi connectivity index (χ2v) is 3.62. The van der Waals surface area contributed by atoms with Crippen molar-refractivity contribution >= 4 is 22.5 Å². The van der Waals surface area contributed by atoms with Crippen LogP contribution in [0.4, 0.5) is 0 Å². The SMILES string of the molecule is COc1cnc(C#N)c2[nH]cc(C(=O)C(C)=O)c12. The van der Waals surface area contributed by atoms with E-state index >= 15 is 0 Å². The molecular weight excluding hydrogens is 234 g/mol. The molecule has 0 aromatic carbocycles. The number of H-pyrrole nitrogens is 1. The van der Waals surface area contributed by atoms with Gasteiger partial charge < -0.3 is 9.72 Å². The van der Waals surface area contributed by atoms with Crippen molar-refractivity contribution in [3.63, 3.8) is 0 Å². The van der Waals surface area contributed by atoms with Gasteiger partial charge in [0.05, 0.1) is 29.8 Å². The molecule has 6 nitrogen and oxygen atoms in total. The fourth-order valence-corrected chi connectivity index (χ4v) is 1.73. The molecule has 0 atom stereocenters. The number of carbonyl (C=O) groups excluding carboxylic acids is 2. The monoisotopic (exact) mass is 243 g/mol. The smallest absolute Gasteiger partial charge is 0.230 e. The van der Waals surface area contributed by atoms with Crippen LogP contribution in [0.5, 0.6) is 5.75 Å². The summed E-state index contributed by atoms with van der Waals surface area (Å²) in [7, 11) is 1.43. The zero-order valence-electron chi connectivity index (χ0n) is 9.77. The van der Waals surface area contributed by atoms with Crippen molar-refractivity contribution in [3.8, 4) is 11.8 Å². The number of nitriles is 1. The second-order valence-electron chi connectivity index (χ2n) is 3.62. The summed E-state index contributed by atoms with van der Waals surface area (Å²) in [5, 5.41) is 9.34. The van der Waals surface area contributed by atoms with Gasteiger partial charge in [-0.05, 0) is 0 Å². The minimum Gasteiger partial charge on any atom is -0.494 e. The fourth-order valence-electron chi connectivity index (χ4n) is 1.73. The van der Waals surface area contributed by atoms with Gasteiger partial charge in [0.1, 0.15) is 11.8 Å². The summed E-state index contributed by atoms with van der Waals surface area (Å²) >= 11 is 0. The summed E-state index contributed by atoms with van der Waals surface area (Å²) in [6, 6.07) is 1.91. The summed E-state index contributed by atoms with van der Waals surface area (Å²) in [4.78, 5) is 29.6. The highest BCUT2D eigenvalue weighted by Gasteiger charge is 2.21. The normalized spacial score (nSPS) is 10.1. The number of pyridine rings is 1. The van der Waals surface area contributed by atoms with Crippen LogP contribution >= 0.6 is 0 Å². The van der Waals surface area contributed by atoms with Crippen molar-refractivity contribution in [1.82, 2.24) is 9.97 Å². The predicted octanol–water partition coefficient (Wildman–Crippen LogP) is 1.21. The first-order chi connectivity index (χ1) is 8.60. The number of methoxy groups -OCH3 is 1. The number of Topliss-reactive ketones (excluding diaryl/α,β-unsaturated/α-hetero) is 2. The van der Waals surface area contributed by atoms with Crippen LogP contribution in [0.25, 0.3) is 10.9 Å². The Labute approximate surface area is 102 Å². The Morgan fingerprint density at radius 1 is 1.50 bits per heavy atom. The molecule has 2 aromatic rings. The number of hydrogen-bond donors (Lipinski definition) is 1. The van der Waals surface area contributed by atoms with E-state index in [-0.39, 0.29) is 11.3 Å². The number of rotatable bonds is 3. The topological polar surface area (TPSA) is 95.8 Å². The summed E-state index contributed by atoms with van der Waals surface area (Å²) < 4.78 is 5.10. The number of ether oxygens (including phenoxy) is 1. The van der Waals surface area contributed by atoms with Crippen molar-refractivity contribution < 1.29 is 14.3 Å². The van der Waals surface area contributed by atoms with Gasteiger partial charge in [0, 0.05) is 13.1 Å². The third-order valence-corrected chi connectivity index (χ3v) is 2.56. The van der Waals surface area contributed by atoms with E-state index in [0.29, 0.717) is 16.7 Å². The van der Waals surface area contributed by atoms with Crippen LogP contribution in [0.2, 0.25) is 0 Å². The first kappa shape index (κ1) is 11.8. The van der Waals surface area contributed by atoms with Gasteiger partial charge in [-0.25, -0.2) is 4.98 Å². The van der Waals surface area contributed by atoms with Gasteiger partial charge in [-0.15, -0.1) is 0 Å². The largest absolute Gasteiger partial charge is 0.494 e. The van der Waals surface area contributed by atoms with Gasteiger partial charge in [-0.1, -0.05) is 0 Å². The van der Waals surface area contributed by atoms with Crippen LogP contribution in [-0.2, 0) is 4.79 Å². The number of nitrogens with zero attached hydrogens (tertiary/aromatic N) is 2. The van der Waals surface area contributed by atoms with Gasteiger partial charge in [0.2, 0.25) is 5.78 Å². The lowest BCUT2D eigenvalue weighted by Gasteiger charge is -2.03. The molecule has 2 aromatic heterocycles. The van der Waals surface area contributed by atoms with Gasteiger partial charge >= 0.3 is 0 Å². The van der Waals surface area contributed by atoms with Crippen molar-refractivity contribution in [1.29, 1.82) is 5.26 Å². The fraction of sp³-hybridized carbons (Fsp3) is 0.167. The predicted molar refractivity (Wildman–Crippen MR) is 62.4 cm³/mol. The van der Waals surface area contributed by atoms with E-state index in [2.05, 4.69) is 9.97 Å². The number of aromatic nitrogens is 2. The molecular formula is C12H9N3O3. The van der Waals surface area contributed by atoms with Crippen LogP contribution in [0.3, 0.4) is 0 Å². The number of fused-ring (bicyclic) bond motifs is 1. The third-order valence-electron chi connectivity index (χ3n) is 2.56. The van der Waals surface area contributed by atoms with Crippen LogP contribution in [-0.4, -0.2) is 28.6 Å². The number of carbonyl (C=O) groups is 2. The van der Waals surface area contributed by atoms with E-state index in [1.54, 1.807) is 0 Å². The Kier molecular flexibility index (Phi) is 2.81. The van der Waals surface area contributed by atoms with Gasteiger partial charge in [0.25, 0.3) is 0 Å². The van der Waals surface area contributed by atoms with Crippen molar-refractivity contribution in [2.45, 2.75) is 6.92 Å². The Morgan fingerprint density at radius 3 is 2.78 bits per heavy atom. The maximum absolute atomic E-state index is 11.8. The van der Waals surface area contributed by atoms with Gasteiger partial charge in [0.15, 0.2) is 11.5 Å². The van der Waals surface area contributed by atoms with Gasteiger partial charge in [-0.3, -0.25) is 9.59 Å². The van der Waals surface area contributed by atoms with Crippen LogP contribution < -0.4 is 4.74 Å². The van der Waals surface area contributed by atoms with Crippen molar-refractivity contribution in [2.24, 2.45) is 0 Å². The molecule has 0 aliphatic rings. The minimum atomic E-state index is -0.630. The third kappa shape index (κ3) is 1.62. The highest BCUT2D eigenvalue weighted by atomic mass is 16.5. The number of aromatic amines is 1. The lowest BCUT2D eigenvalue weighted by Crippen LogP contribution is -2.09. The molecule has 0 radical (unpaired) electrons. The molecule has 0 spiro atoms. The van der Waals surface area contributed by atoms with Crippen LogP contribution in [0.15, 0.2) is 12.4 Å². The Morgan fingerprint density at radius 2 is 2.22 bits per heavy atom. The zero-order valence-corrected chi connectivity index (χ0v) is 9.77. The van der Waals surface area contributed by atoms with Gasteiger partial charge in [-0.2, -0.15) is 5.26 Å². The van der Waals surface area contributed by atoms with E-state index in [9.17, 15) is 9.59 Å². The molecule has 90 valence electrons. The number of hydrogen-bond acceptors (Lipinski definition) is 5. The molecule has 0 bridgehead atoms. The number of ketones is 2. The number of nitrogens with one attached hydrogen (secondary N) is 1. The molecule has 2 rings (SSSR count). The molecule has 18 heavy (non-hydrogen) atoms. The molecule has 0 aliphatic heterocycles. The standard InChI is InChI=1S/C12H9N3O3/c1-6(16)12(17)7-4-15-11-8(3-13)14-5-9(18-2)10(7)11/h4-5,15H,1-2H3. The summed E-state index contributed by atoms with van der Waals surface area (Å²) in [6.07, 6.45) is 2.74. The van der Waals surface area contributed by atoms with E-state index in [1.165, 1.54) is 26.4 Å². The van der Waals surface area contributed by atoms with Crippen LogP contribution in [0, 0.1) is 11.3 Å². The van der Waals surface area contributed by atoms with Crippen molar-refractivity contribution in [2.75, 3.05) is 7.11 Å². The molecule has 0 aliphatic carbocycles. The molecule has 6 heteroatoms. The Hall–Kier alpha value is -2.68. The molecule has 0 unspecified atom stereocenters. The lowest BCUT2D eigenvalue weighted by molar-refractivity contribution is -0.113. The Bertz CT molecular complexity index is 694. The van der Waals surface area contributed by atoms with E-state index in [4.69, 9.17) is 10.00 Å². The van der Waals surface area contributed by atoms with Crippen molar-refractivity contribution in [3.05, 3.63) is 23.7 Å².